The van der Waals surface area contributed by atoms with Crippen LogP contribution in [0.4, 0.5) is 0 Å². The molecule has 0 bridgehead atoms. The molecule has 1 aliphatic heterocycles. The number of quaternary nitrogens is 1. The highest BCUT2D eigenvalue weighted by Crippen LogP contribution is 2.39. The maximum atomic E-state index is 13.4. The number of hydrogen-bond acceptors (Lipinski definition) is 5. The van der Waals surface area contributed by atoms with Gasteiger partial charge in [-0.25, -0.2) is 4.98 Å². The highest BCUT2D eigenvalue weighted by atomic mass is 32.1. The van der Waals surface area contributed by atoms with E-state index in [-0.39, 0.29) is 11.4 Å². The molecule has 2 heterocycles. The number of rotatable bonds is 9. The molecule has 1 aromatic heterocycles. The second-order valence-corrected chi connectivity index (χ2v) is 9.29. The Kier molecular flexibility index (Phi) is 7.28. The Morgan fingerprint density at radius 2 is 1.81 bits per heavy atom. The molecule has 1 unspecified atom stereocenters. The third-order valence-electron chi connectivity index (χ3n) is 5.96. The van der Waals surface area contributed by atoms with E-state index in [0.717, 1.165) is 42.2 Å². The summed E-state index contributed by atoms with van der Waals surface area (Å²) in [5.41, 5.74) is 2.53. The molecule has 31 heavy (non-hydrogen) atoms. The molecule has 0 spiro atoms. The number of nitrogens with zero attached hydrogens (tertiary/aromatic N) is 2. The van der Waals surface area contributed by atoms with Crippen LogP contribution in [0.2, 0.25) is 0 Å². The van der Waals surface area contributed by atoms with Crippen molar-refractivity contribution in [1.82, 2.24) is 9.88 Å². The van der Waals surface area contributed by atoms with Gasteiger partial charge in [0.05, 0.1) is 41.3 Å². The summed E-state index contributed by atoms with van der Waals surface area (Å²) in [6, 6.07) is 7.07. The van der Waals surface area contributed by atoms with Crippen LogP contribution in [0.1, 0.15) is 57.8 Å². The smallest absolute Gasteiger partial charge is 0.239 e. The van der Waals surface area contributed by atoms with Gasteiger partial charge >= 0.3 is 0 Å². The van der Waals surface area contributed by atoms with Crippen LogP contribution < -0.4 is 10.0 Å². The van der Waals surface area contributed by atoms with E-state index in [2.05, 4.69) is 18.8 Å². The van der Waals surface area contributed by atoms with E-state index in [1.165, 1.54) is 16.2 Å². The fourth-order valence-corrected chi connectivity index (χ4v) is 5.04. The molecule has 1 aliphatic rings. The van der Waals surface area contributed by atoms with E-state index >= 15 is 0 Å². The third-order valence-corrected chi connectivity index (χ3v) is 7.03. The van der Waals surface area contributed by atoms with Crippen LogP contribution in [0.5, 0.6) is 0 Å². The Morgan fingerprint density at radius 1 is 1.16 bits per heavy atom. The zero-order valence-corrected chi connectivity index (χ0v) is 19.8. The number of hydrogen-bond donors (Lipinski definition) is 1. The molecule has 166 valence electrons. The van der Waals surface area contributed by atoms with Crippen LogP contribution in [0.25, 0.3) is 0 Å². The van der Waals surface area contributed by atoms with Gasteiger partial charge in [0.2, 0.25) is 11.7 Å². The number of thiazole rings is 1. The number of Topliss-reactive ketones (excluding diaryl/α,β-unsaturated/α-hetero) is 1. The van der Waals surface area contributed by atoms with Gasteiger partial charge in [0, 0.05) is 18.5 Å². The number of aryl methyl sites for hydroxylation is 3. The summed E-state index contributed by atoms with van der Waals surface area (Å²) in [6.07, 6.45) is 0.776. The predicted molar refractivity (Wildman–Crippen MR) is 120 cm³/mol. The minimum Gasteiger partial charge on any atom is -0.868 e. The van der Waals surface area contributed by atoms with E-state index in [0.29, 0.717) is 17.1 Å². The Balaban J connectivity index is 1.97. The zero-order chi connectivity index (χ0) is 22.7. The molecule has 6 nitrogen and oxygen atoms in total. The first-order chi connectivity index (χ1) is 14.8. The van der Waals surface area contributed by atoms with E-state index in [9.17, 15) is 14.7 Å². The average molecular weight is 442 g/mol. The maximum Gasteiger partial charge on any atom is 0.239 e. The Labute approximate surface area is 188 Å². The Hall–Kier alpha value is -2.51. The normalized spacial score (nSPS) is 16.6. The fraction of sp³-hybridized carbons (Fsp3) is 0.458. The molecule has 1 atom stereocenters. The van der Waals surface area contributed by atoms with E-state index in [1.54, 1.807) is 11.8 Å². The molecule has 0 aliphatic carbocycles. The minimum absolute atomic E-state index is 0.0517. The molecule has 0 fully saturated rings. The largest absolute Gasteiger partial charge is 0.868 e. The van der Waals surface area contributed by atoms with Gasteiger partial charge in [-0.1, -0.05) is 29.8 Å². The first kappa shape index (κ1) is 23.2. The molecule has 3 rings (SSSR count). The van der Waals surface area contributed by atoms with Crippen molar-refractivity contribution in [3.8, 4) is 0 Å². The van der Waals surface area contributed by atoms with Crippen LogP contribution in [0, 0.1) is 20.8 Å². The van der Waals surface area contributed by atoms with E-state index in [1.807, 2.05) is 38.1 Å². The Bertz CT molecular complexity index is 990. The lowest BCUT2D eigenvalue weighted by molar-refractivity contribution is -0.896. The second kappa shape index (κ2) is 9.75. The van der Waals surface area contributed by atoms with Gasteiger partial charge < -0.3 is 14.9 Å². The van der Waals surface area contributed by atoms with Crippen LogP contribution in [0.3, 0.4) is 0 Å². The van der Waals surface area contributed by atoms with Gasteiger partial charge in [-0.15, -0.1) is 11.3 Å². The quantitative estimate of drug-likeness (QED) is 0.602. The van der Waals surface area contributed by atoms with Crippen molar-refractivity contribution >= 4 is 23.0 Å². The first-order valence-electron chi connectivity index (χ1n) is 10.9. The molecule has 0 radical (unpaired) electrons. The topological polar surface area (TPSA) is 77.8 Å². The van der Waals surface area contributed by atoms with Crippen molar-refractivity contribution in [2.75, 3.05) is 26.2 Å². The summed E-state index contributed by atoms with van der Waals surface area (Å²) in [4.78, 5) is 34.2. The molecular weight excluding hydrogens is 410 g/mol. The summed E-state index contributed by atoms with van der Waals surface area (Å²) in [6.45, 7) is 13.3. The van der Waals surface area contributed by atoms with Crippen molar-refractivity contribution < 1.29 is 19.6 Å². The molecule has 7 heteroatoms. The van der Waals surface area contributed by atoms with Gasteiger partial charge in [-0.3, -0.25) is 9.59 Å². The second-order valence-electron chi connectivity index (χ2n) is 8.09. The summed E-state index contributed by atoms with van der Waals surface area (Å²) < 4.78 is 0. The van der Waals surface area contributed by atoms with Gasteiger partial charge in [0.1, 0.15) is 0 Å². The summed E-state index contributed by atoms with van der Waals surface area (Å²) in [7, 11) is 0. The summed E-state index contributed by atoms with van der Waals surface area (Å²) in [5.74, 6) is -1.64. The van der Waals surface area contributed by atoms with E-state index < -0.39 is 17.7 Å². The molecule has 0 saturated carbocycles. The number of ketones is 1. The monoisotopic (exact) mass is 441 g/mol. The standard InChI is InChI=1S/C24H31N3O3S/c1-6-26(7-2)13-8-14-27-20(18-11-9-15(3)10-12-18)19(22(29)24(27)30)21(28)23-16(4)25-17(5)31-23/h9-12,20,29H,6-8,13-14H2,1-5H3. The molecule has 1 aromatic carbocycles. The minimum atomic E-state index is -0.684. The number of carbonyl (C=O) groups is 2. The third kappa shape index (κ3) is 4.72. The molecule has 2 aromatic rings. The Morgan fingerprint density at radius 3 is 2.35 bits per heavy atom. The lowest BCUT2D eigenvalue weighted by Crippen LogP contribution is -3.11. The maximum absolute atomic E-state index is 13.4. The number of benzene rings is 1. The van der Waals surface area contributed by atoms with Crippen LogP contribution in [-0.4, -0.2) is 47.8 Å². The summed E-state index contributed by atoms with van der Waals surface area (Å²) in [5, 5.41) is 13.8. The average Bonchev–Trinajstić information content (AvgIpc) is 3.21. The van der Waals surface area contributed by atoms with Crippen LogP contribution in [-0.2, 0) is 4.79 Å². The lowest BCUT2D eigenvalue weighted by Gasteiger charge is -2.28. The van der Waals surface area contributed by atoms with Crippen molar-refractivity contribution in [2.24, 2.45) is 0 Å². The zero-order valence-electron chi connectivity index (χ0n) is 18.9. The van der Waals surface area contributed by atoms with Gasteiger partial charge in [0.15, 0.2) is 0 Å². The number of amides is 1. The molecule has 1 amide bonds. The highest BCUT2D eigenvalue weighted by Gasteiger charge is 2.40. The predicted octanol–water partition coefficient (Wildman–Crippen LogP) is 1.76. The summed E-state index contributed by atoms with van der Waals surface area (Å²) >= 11 is 1.27. The SMILES string of the molecule is CC[NH+](CC)CCCN1C(=O)C([O-])=C(C(=O)c2sc(C)nc2C)C1c1ccc(C)cc1. The molecular formula is C24H31N3O3S. The van der Waals surface area contributed by atoms with Crippen molar-refractivity contribution in [1.29, 1.82) is 0 Å². The van der Waals surface area contributed by atoms with E-state index in [4.69, 9.17) is 0 Å². The first-order valence-corrected chi connectivity index (χ1v) is 11.7. The van der Waals surface area contributed by atoms with Crippen molar-refractivity contribution in [2.45, 2.75) is 47.1 Å². The molecule has 0 saturated heterocycles. The fourth-order valence-electron chi connectivity index (χ4n) is 4.16. The van der Waals surface area contributed by atoms with Crippen molar-refractivity contribution in [3.63, 3.8) is 0 Å². The van der Waals surface area contributed by atoms with Crippen LogP contribution >= 0.6 is 11.3 Å². The number of carbonyl (C=O) groups excluding carboxylic acids is 2. The van der Waals surface area contributed by atoms with Gasteiger partial charge in [0.25, 0.3) is 0 Å². The van der Waals surface area contributed by atoms with Gasteiger partial charge in [-0.2, -0.15) is 0 Å². The van der Waals surface area contributed by atoms with Crippen molar-refractivity contribution in [3.05, 3.63) is 62.3 Å². The highest BCUT2D eigenvalue weighted by molar-refractivity contribution is 7.14. The van der Waals surface area contributed by atoms with Crippen LogP contribution in [0.15, 0.2) is 35.6 Å². The van der Waals surface area contributed by atoms with Gasteiger partial charge in [-0.05, 0) is 45.9 Å². The number of aromatic nitrogens is 1. The lowest BCUT2D eigenvalue weighted by atomic mass is 9.94. The number of nitrogens with one attached hydrogen (secondary N) is 1. The molecule has 1 N–H and O–H groups in total.